The average Bonchev–Trinajstić information content (AvgIpc) is 3.43. The van der Waals surface area contributed by atoms with Crippen molar-refractivity contribution >= 4 is 115 Å². The van der Waals surface area contributed by atoms with Gasteiger partial charge in [0.15, 0.2) is 20.5 Å². The van der Waals surface area contributed by atoms with Crippen LogP contribution in [0.5, 0.6) is 0 Å². The molecule has 0 amide bonds. The van der Waals surface area contributed by atoms with Crippen molar-refractivity contribution in [3.63, 3.8) is 0 Å². The molecule has 0 radical (unpaired) electrons. The van der Waals surface area contributed by atoms with Crippen LogP contribution in [0.3, 0.4) is 0 Å². The molecule has 0 saturated heterocycles. The lowest BCUT2D eigenvalue weighted by Gasteiger charge is -2.25. The van der Waals surface area contributed by atoms with Gasteiger partial charge in [0.2, 0.25) is 0 Å². The number of unbranched alkanes of at least 4 members (excludes halogenated alkanes) is 24. The van der Waals surface area contributed by atoms with E-state index in [-0.39, 0.29) is 20.5 Å². The molecule has 78 heavy (non-hydrogen) atoms. The Morgan fingerprint density at radius 2 is 0.462 bits per heavy atom. The molecular weight excluding hydrogens is 1120 g/mol. The Bertz CT molecular complexity index is 1130. The number of hydrogen-bond acceptors (Lipinski definition) is 15. The number of thioether (sulfide) groups is 8. The fourth-order valence-electron chi connectivity index (χ4n) is 9.11. The SMILES string of the molecule is CCCCCCCCCSCCSC(=O)CCN(CCCN(C)CCCN(CCC(=O)SCCSCCCCCCCCC)CCC(=O)SCCSCCCCCCCCC)CCC(=O)SCCSCCCCCCCCC. The second-order valence-electron chi connectivity index (χ2n) is 21.5. The Kier molecular flexibility index (Phi) is 67.0. The van der Waals surface area contributed by atoms with Gasteiger partial charge in [-0.25, -0.2) is 0 Å². The monoisotopic (exact) mass is 1240 g/mol. The standard InChI is InChI=1S/C63H123N3O4S8/c1-6-10-14-18-22-26-30-48-71-52-56-75-60(67)36-44-65(45-37-61(68)76-57-53-72-49-31-27-23-19-15-11-7-2)42-34-40-64(5)41-35-43-66(46-38-62(69)77-58-54-73-50-32-28-24-20-16-12-8-3)47-39-63(70)78-59-55-74-51-33-29-25-21-17-13-9-4/h6-59H2,1-5H3. The predicted molar refractivity (Wildman–Crippen MR) is 369 cm³/mol. The van der Waals surface area contributed by atoms with Crippen LogP contribution in [0.25, 0.3) is 0 Å². The molecule has 0 aromatic rings. The summed E-state index contributed by atoms with van der Waals surface area (Å²) in [7, 11) is 2.20. The van der Waals surface area contributed by atoms with Crippen LogP contribution in [0, 0.1) is 0 Å². The second-order valence-corrected chi connectivity index (χ2v) is 31.0. The lowest BCUT2D eigenvalue weighted by molar-refractivity contribution is -0.112. The van der Waals surface area contributed by atoms with Gasteiger partial charge in [-0.3, -0.25) is 19.2 Å². The Morgan fingerprint density at radius 1 is 0.244 bits per heavy atom. The van der Waals surface area contributed by atoms with Gasteiger partial charge in [-0.2, -0.15) is 47.0 Å². The molecular formula is C63H123N3O4S8. The van der Waals surface area contributed by atoms with Gasteiger partial charge in [-0.05, 0) is 94.8 Å². The maximum atomic E-state index is 13.1. The summed E-state index contributed by atoms with van der Waals surface area (Å²) in [6.07, 6.45) is 41.6. The van der Waals surface area contributed by atoms with E-state index in [1.54, 1.807) is 0 Å². The summed E-state index contributed by atoms with van der Waals surface area (Å²) < 4.78 is 0. The van der Waals surface area contributed by atoms with E-state index in [4.69, 9.17) is 0 Å². The van der Waals surface area contributed by atoms with Crippen LogP contribution in [0.1, 0.15) is 246 Å². The van der Waals surface area contributed by atoms with Gasteiger partial charge >= 0.3 is 0 Å². The quantitative estimate of drug-likeness (QED) is 0.0542. The highest BCUT2D eigenvalue weighted by Gasteiger charge is 2.15. The van der Waals surface area contributed by atoms with Crippen LogP contribution < -0.4 is 0 Å². The van der Waals surface area contributed by atoms with Crippen molar-refractivity contribution in [3.8, 4) is 0 Å². The van der Waals surface area contributed by atoms with Crippen molar-refractivity contribution in [2.45, 2.75) is 246 Å². The molecule has 0 N–H and O–H groups in total. The smallest absolute Gasteiger partial charge is 0.190 e. The number of rotatable bonds is 64. The fourth-order valence-corrected chi connectivity index (χ4v) is 16.6. The maximum absolute atomic E-state index is 13.1. The van der Waals surface area contributed by atoms with Gasteiger partial charge in [0.05, 0.1) is 0 Å². The van der Waals surface area contributed by atoms with E-state index in [0.717, 1.165) is 85.0 Å². The lowest BCUT2D eigenvalue weighted by Crippen LogP contribution is -2.33. The minimum absolute atomic E-state index is 0.277. The summed E-state index contributed by atoms with van der Waals surface area (Å²) in [5.41, 5.74) is 0. The molecule has 0 spiro atoms. The zero-order valence-corrected chi connectivity index (χ0v) is 58.0. The molecule has 0 aromatic heterocycles. The van der Waals surface area contributed by atoms with E-state index < -0.39 is 0 Å². The lowest BCUT2D eigenvalue weighted by atomic mass is 10.1. The minimum Gasteiger partial charge on any atom is -0.306 e. The molecule has 0 saturated carbocycles. The van der Waals surface area contributed by atoms with Crippen molar-refractivity contribution in [3.05, 3.63) is 0 Å². The molecule has 0 bridgehead atoms. The highest BCUT2D eigenvalue weighted by atomic mass is 32.2. The molecule has 15 heteroatoms. The largest absolute Gasteiger partial charge is 0.306 e. The third kappa shape index (κ3) is 61.9. The molecule has 7 nitrogen and oxygen atoms in total. The van der Waals surface area contributed by atoms with Crippen molar-refractivity contribution in [1.29, 1.82) is 0 Å². The number of carbonyl (C=O) groups excluding carboxylic acids is 4. The topological polar surface area (TPSA) is 78.0 Å². The van der Waals surface area contributed by atoms with Crippen molar-refractivity contribution in [2.24, 2.45) is 0 Å². The summed E-state index contributed by atoms with van der Waals surface area (Å²) in [6, 6.07) is 0. The highest BCUT2D eigenvalue weighted by Crippen LogP contribution is 2.19. The molecule has 0 aliphatic carbocycles. The van der Waals surface area contributed by atoms with Gasteiger partial charge in [0.1, 0.15) is 0 Å². The Hall–Kier alpha value is 1.36. The zero-order chi connectivity index (χ0) is 56.9. The van der Waals surface area contributed by atoms with Gasteiger partial charge in [-0.1, -0.05) is 229 Å². The number of nitrogens with zero attached hydrogens (tertiary/aromatic N) is 3. The minimum atomic E-state index is 0.277. The fraction of sp³-hybridized carbons (Fsp3) is 0.937. The molecule has 0 aromatic carbocycles. The molecule has 462 valence electrons. The van der Waals surface area contributed by atoms with Crippen LogP contribution in [-0.4, -0.2) is 164 Å². The average molecular weight is 1240 g/mol. The van der Waals surface area contributed by atoms with Gasteiger partial charge < -0.3 is 14.7 Å². The Morgan fingerprint density at radius 3 is 0.692 bits per heavy atom. The van der Waals surface area contributed by atoms with Gasteiger partial charge in [0, 0.05) is 97.9 Å². The van der Waals surface area contributed by atoms with Crippen LogP contribution in [0.15, 0.2) is 0 Å². The molecule has 0 unspecified atom stereocenters. The molecule has 0 atom stereocenters. The molecule has 0 rings (SSSR count). The maximum Gasteiger partial charge on any atom is 0.190 e. The van der Waals surface area contributed by atoms with E-state index in [2.05, 4.69) is 49.4 Å². The van der Waals surface area contributed by atoms with Crippen LogP contribution >= 0.6 is 94.1 Å². The van der Waals surface area contributed by atoms with Gasteiger partial charge in [0.25, 0.3) is 0 Å². The van der Waals surface area contributed by atoms with E-state index in [0.29, 0.717) is 51.9 Å². The van der Waals surface area contributed by atoms with Crippen molar-refractivity contribution in [1.82, 2.24) is 14.7 Å². The first kappa shape index (κ1) is 79.4. The number of carbonyl (C=O) groups is 4. The van der Waals surface area contributed by atoms with Crippen molar-refractivity contribution < 1.29 is 19.2 Å². The first-order valence-corrected chi connectivity index (χ1v) is 40.9. The summed E-state index contributed by atoms with van der Waals surface area (Å²) in [5.74, 6) is 12.5. The first-order chi connectivity index (χ1) is 38.2. The Labute approximate surface area is 518 Å². The molecule has 0 fully saturated rings. The zero-order valence-electron chi connectivity index (χ0n) is 51.4. The molecule has 0 aliphatic heterocycles. The van der Waals surface area contributed by atoms with Crippen molar-refractivity contribution in [2.75, 3.05) is 128 Å². The third-order valence-corrected chi connectivity index (χ3v) is 23.1. The highest BCUT2D eigenvalue weighted by molar-refractivity contribution is 8.15. The number of hydrogen-bond donors (Lipinski definition) is 0. The first-order valence-electron chi connectivity index (χ1n) is 32.3. The predicted octanol–water partition coefficient (Wildman–Crippen LogP) is 18.8. The van der Waals surface area contributed by atoms with Crippen LogP contribution in [0.2, 0.25) is 0 Å². The molecule has 0 aliphatic rings. The van der Waals surface area contributed by atoms with E-state index in [1.807, 2.05) is 47.0 Å². The summed E-state index contributed by atoms with van der Waals surface area (Å²) in [4.78, 5) is 59.4. The third-order valence-electron chi connectivity index (χ3n) is 14.1. The van der Waals surface area contributed by atoms with Crippen LogP contribution in [-0.2, 0) is 19.2 Å². The summed E-state index contributed by atoms with van der Waals surface area (Å²) >= 11 is 14.0. The van der Waals surface area contributed by atoms with Crippen LogP contribution in [0.4, 0.5) is 0 Å². The summed E-state index contributed by atoms with van der Waals surface area (Å²) in [5, 5.41) is 1.11. The molecule has 0 heterocycles. The van der Waals surface area contributed by atoms with E-state index in [1.165, 1.54) is 250 Å². The Balaban J connectivity index is 5.04. The second kappa shape index (κ2) is 65.9. The van der Waals surface area contributed by atoms with Gasteiger partial charge in [-0.15, -0.1) is 0 Å². The van der Waals surface area contributed by atoms with E-state index in [9.17, 15) is 19.2 Å². The summed E-state index contributed by atoms with van der Waals surface area (Å²) in [6.45, 7) is 15.6. The van der Waals surface area contributed by atoms with E-state index >= 15 is 0 Å². The normalized spacial score (nSPS) is 11.8.